The van der Waals surface area contributed by atoms with E-state index in [2.05, 4.69) is 15.4 Å². The fourth-order valence-corrected chi connectivity index (χ4v) is 3.43. The van der Waals surface area contributed by atoms with Crippen molar-refractivity contribution >= 4 is 11.8 Å². The van der Waals surface area contributed by atoms with Crippen molar-refractivity contribution in [2.75, 3.05) is 14.1 Å². The lowest BCUT2D eigenvalue weighted by Crippen LogP contribution is -2.23. The lowest BCUT2D eigenvalue weighted by Gasteiger charge is -2.14. The first-order chi connectivity index (χ1) is 14.8. The SMILES string of the molecule is Cc1nn(C)cc1C(=O)NCc1ccc(-c2nc(C3CC3)ncc2C(=O)N(C)C)cc1. The summed E-state index contributed by atoms with van der Waals surface area (Å²) in [7, 11) is 5.23. The fourth-order valence-electron chi connectivity index (χ4n) is 3.43. The molecule has 8 nitrogen and oxygen atoms in total. The second-order valence-electron chi connectivity index (χ2n) is 8.15. The Labute approximate surface area is 181 Å². The number of hydrogen-bond donors (Lipinski definition) is 1. The van der Waals surface area contributed by atoms with Crippen LogP contribution in [-0.2, 0) is 13.6 Å². The van der Waals surface area contributed by atoms with E-state index in [0.717, 1.165) is 29.8 Å². The summed E-state index contributed by atoms with van der Waals surface area (Å²) >= 11 is 0. The van der Waals surface area contributed by atoms with Gasteiger partial charge in [-0.2, -0.15) is 5.10 Å². The Morgan fingerprint density at radius 1 is 1.16 bits per heavy atom. The first-order valence-corrected chi connectivity index (χ1v) is 10.3. The quantitative estimate of drug-likeness (QED) is 0.664. The summed E-state index contributed by atoms with van der Waals surface area (Å²) in [5.74, 6) is 0.917. The van der Waals surface area contributed by atoms with Gasteiger partial charge in [0.05, 0.1) is 22.5 Å². The summed E-state index contributed by atoms with van der Waals surface area (Å²) in [6.07, 6.45) is 5.54. The Balaban J connectivity index is 1.53. The number of nitrogens with zero attached hydrogens (tertiary/aromatic N) is 5. The van der Waals surface area contributed by atoms with Crippen molar-refractivity contribution in [3.63, 3.8) is 0 Å². The smallest absolute Gasteiger partial charge is 0.257 e. The van der Waals surface area contributed by atoms with Crippen LogP contribution < -0.4 is 5.32 Å². The predicted molar refractivity (Wildman–Crippen MR) is 117 cm³/mol. The number of amides is 2. The fraction of sp³-hybridized carbons (Fsp3) is 0.348. The first kappa shape index (κ1) is 20.7. The second kappa shape index (κ2) is 8.29. The van der Waals surface area contributed by atoms with Crippen molar-refractivity contribution in [2.45, 2.75) is 32.2 Å². The maximum atomic E-state index is 12.6. The summed E-state index contributed by atoms with van der Waals surface area (Å²) < 4.78 is 1.63. The van der Waals surface area contributed by atoms with Gasteiger partial charge in [0.15, 0.2) is 0 Å². The van der Waals surface area contributed by atoms with Gasteiger partial charge in [-0.3, -0.25) is 14.3 Å². The molecule has 0 radical (unpaired) electrons. The average molecular weight is 419 g/mol. The number of benzene rings is 1. The van der Waals surface area contributed by atoms with E-state index < -0.39 is 0 Å². The van der Waals surface area contributed by atoms with E-state index >= 15 is 0 Å². The summed E-state index contributed by atoms with van der Waals surface area (Å²) in [6.45, 7) is 2.21. The van der Waals surface area contributed by atoms with E-state index in [-0.39, 0.29) is 11.8 Å². The highest BCUT2D eigenvalue weighted by Gasteiger charge is 2.28. The lowest BCUT2D eigenvalue weighted by atomic mass is 10.0. The van der Waals surface area contributed by atoms with Crippen molar-refractivity contribution in [1.29, 1.82) is 0 Å². The van der Waals surface area contributed by atoms with Crippen molar-refractivity contribution in [2.24, 2.45) is 7.05 Å². The number of hydrogen-bond acceptors (Lipinski definition) is 5. The van der Waals surface area contributed by atoms with E-state index in [1.165, 1.54) is 4.90 Å². The van der Waals surface area contributed by atoms with Crippen LogP contribution in [0.2, 0.25) is 0 Å². The second-order valence-corrected chi connectivity index (χ2v) is 8.15. The summed E-state index contributed by atoms with van der Waals surface area (Å²) in [5, 5.41) is 7.13. The average Bonchev–Trinajstić information content (AvgIpc) is 3.55. The van der Waals surface area contributed by atoms with Crippen molar-refractivity contribution in [1.82, 2.24) is 30.0 Å². The van der Waals surface area contributed by atoms with Crippen LogP contribution in [0.5, 0.6) is 0 Å². The number of aromatic nitrogens is 4. The van der Waals surface area contributed by atoms with Gasteiger partial charge in [-0.15, -0.1) is 0 Å². The molecule has 3 aromatic rings. The molecule has 1 aliphatic rings. The highest BCUT2D eigenvalue weighted by molar-refractivity contribution is 5.99. The largest absolute Gasteiger partial charge is 0.348 e. The predicted octanol–water partition coefficient (Wildman–Crippen LogP) is 2.69. The highest BCUT2D eigenvalue weighted by Crippen LogP contribution is 2.39. The zero-order valence-corrected chi connectivity index (χ0v) is 18.2. The van der Waals surface area contributed by atoms with Crippen molar-refractivity contribution < 1.29 is 9.59 Å². The van der Waals surface area contributed by atoms with Crippen LogP contribution in [0.1, 0.15) is 56.6 Å². The minimum atomic E-state index is -0.154. The van der Waals surface area contributed by atoms with Crippen LogP contribution in [0.15, 0.2) is 36.7 Å². The first-order valence-electron chi connectivity index (χ1n) is 10.3. The monoisotopic (exact) mass is 418 g/mol. The Bertz CT molecular complexity index is 1130. The van der Waals surface area contributed by atoms with Gasteiger partial charge in [0.1, 0.15) is 5.82 Å². The molecule has 1 aliphatic carbocycles. The number of rotatable bonds is 6. The van der Waals surface area contributed by atoms with Crippen molar-refractivity contribution in [3.05, 3.63) is 64.9 Å². The Morgan fingerprint density at radius 2 is 1.87 bits per heavy atom. The van der Waals surface area contributed by atoms with Crippen molar-refractivity contribution in [3.8, 4) is 11.3 Å². The number of carbonyl (C=O) groups is 2. The van der Waals surface area contributed by atoms with Crippen LogP contribution in [-0.4, -0.2) is 50.6 Å². The third kappa shape index (κ3) is 4.47. The molecule has 8 heteroatoms. The van der Waals surface area contributed by atoms with Gasteiger partial charge < -0.3 is 10.2 Å². The molecule has 2 aromatic heterocycles. The molecule has 160 valence electrons. The number of nitrogens with one attached hydrogen (secondary N) is 1. The maximum absolute atomic E-state index is 12.6. The molecule has 0 saturated heterocycles. The van der Waals surface area contributed by atoms with Gasteiger partial charge in [0, 0.05) is 51.6 Å². The van der Waals surface area contributed by atoms with Crippen LogP contribution in [0, 0.1) is 6.92 Å². The number of aryl methyl sites for hydroxylation is 2. The molecule has 1 aromatic carbocycles. The summed E-state index contributed by atoms with van der Waals surface area (Å²) in [4.78, 5) is 35.7. The van der Waals surface area contributed by atoms with Gasteiger partial charge in [0.2, 0.25) is 0 Å². The minimum Gasteiger partial charge on any atom is -0.348 e. The van der Waals surface area contributed by atoms with Crippen LogP contribution >= 0.6 is 0 Å². The summed E-state index contributed by atoms with van der Waals surface area (Å²) in [6, 6.07) is 7.74. The Kier molecular flexibility index (Phi) is 5.54. The van der Waals surface area contributed by atoms with E-state index in [1.54, 1.807) is 38.2 Å². The van der Waals surface area contributed by atoms with Gasteiger partial charge >= 0.3 is 0 Å². The highest BCUT2D eigenvalue weighted by atomic mass is 16.2. The molecule has 31 heavy (non-hydrogen) atoms. The topological polar surface area (TPSA) is 93.0 Å². The number of carbonyl (C=O) groups excluding carboxylic acids is 2. The van der Waals surface area contributed by atoms with Crippen LogP contribution in [0.25, 0.3) is 11.3 Å². The van der Waals surface area contributed by atoms with E-state index in [9.17, 15) is 9.59 Å². The van der Waals surface area contributed by atoms with E-state index in [0.29, 0.717) is 35.0 Å². The molecule has 4 rings (SSSR count). The standard InChI is InChI=1S/C23H26N6O2/c1-14-19(13-29(4)27-14)22(30)25-11-15-5-7-16(8-6-15)20-18(23(31)28(2)3)12-24-21(26-20)17-9-10-17/h5-8,12-13,17H,9-11H2,1-4H3,(H,25,30). The molecular formula is C23H26N6O2. The molecule has 1 fully saturated rings. The molecule has 2 amide bonds. The third-order valence-electron chi connectivity index (χ3n) is 5.33. The molecule has 1 saturated carbocycles. The maximum Gasteiger partial charge on any atom is 0.257 e. The third-order valence-corrected chi connectivity index (χ3v) is 5.33. The molecule has 0 aliphatic heterocycles. The molecule has 0 bridgehead atoms. The summed E-state index contributed by atoms with van der Waals surface area (Å²) in [5.41, 5.74) is 4.21. The Morgan fingerprint density at radius 3 is 2.45 bits per heavy atom. The molecular weight excluding hydrogens is 392 g/mol. The van der Waals surface area contributed by atoms with E-state index in [1.807, 2.05) is 31.2 Å². The zero-order valence-electron chi connectivity index (χ0n) is 18.2. The van der Waals surface area contributed by atoms with Gasteiger partial charge in [-0.25, -0.2) is 9.97 Å². The van der Waals surface area contributed by atoms with Crippen LogP contribution in [0.4, 0.5) is 0 Å². The molecule has 2 heterocycles. The minimum absolute atomic E-state index is 0.125. The van der Waals surface area contributed by atoms with Gasteiger partial charge in [-0.1, -0.05) is 24.3 Å². The van der Waals surface area contributed by atoms with Gasteiger partial charge in [-0.05, 0) is 25.3 Å². The molecule has 0 unspecified atom stereocenters. The lowest BCUT2D eigenvalue weighted by molar-refractivity contribution is 0.0827. The van der Waals surface area contributed by atoms with Gasteiger partial charge in [0.25, 0.3) is 11.8 Å². The Hall–Kier alpha value is -3.55. The zero-order chi connectivity index (χ0) is 22.1. The molecule has 1 N–H and O–H groups in total. The normalized spacial score (nSPS) is 13.2. The van der Waals surface area contributed by atoms with E-state index in [4.69, 9.17) is 4.98 Å². The van der Waals surface area contributed by atoms with Crippen LogP contribution in [0.3, 0.4) is 0 Å². The molecule has 0 spiro atoms. The molecule has 0 atom stereocenters.